The summed E-state index contributed by atoms with van der Waals surface area (Å²) < 4.78 is 5.48. The first-order chi connectivity index (χ1) is 7.78. The molecule has 1 N–H and O–H groups in total. The standard InChI is InChI=1S/C12H9NO3/c14-10-3-7-12(8-4-10)16-11-5-1-9(13-15)2-6-11/h1-8,14H. The summed E-state index contributed by atoms with van der Waals surface area (Å²) in [6, 6.07) is 12.8. The van der Waals surface area contributed by atoms with Crippen LogP contribution in [-0.2, 0) is 0 Å². The molecule has 4 nitrogen and oxygen atoms in total. The molecule has 0 heterocycles. The third kappa shape index (κ3) is 2.36. The number of ether oxygens (including phenoxy) is 1. The molecule has 0 aliphatic heterocycles. The lowest BCUT2D eigenvalue weighted by molar-refractivity contribution is 0.464. The Labute approximate surface area is 92.1 Å². The highest BCUT2D eigenvalue weighted by Crippen LogP contribution is 2.25. The number of phenols is 1. The van der Waals surface area contributed by atoms with Gasteiger partial charge in [0.15, 0.2) is 0 Å². The molecule has 0 bridgehead atoms. The number of benzene rings is 2. The Morgan fingerprint density at radius 2 is 1.38 bits per heavy atom. The quantitative estimate of drug-likeness (QED) is 0.796. The molecule has 2 aromatic rings. The molecule has 0 atom stereocenters. The minimum atomic E-state index is 0.188. The first kappa shape index (κ1) is 10.2. The van der Waals surface area contributed by atoms with Crippen LogP contribution < -0.4 is 4.74 Å². The van der Waals surface area contributed by atoms with E-state index in [1.807, 2.05) is 0 Å². The zero-order chi connectivity index (χ0) is 11.4. The van der Waals surface area contributed by atoms with Crippen molar-refractivity contribution in [2.24, 2.45) is 5.18 Å². The summed E-state index contributed by atoms with van der Waals surface area (Å²) in [5.74, 6) is 1.41. The molecule has 0 amide bonds. The van der Waals surface area contributed by atoms with Crippen molar-refractivity contribution >= 4 is 5.69 Å². The number of hydrogen-bond donors (Lipinski definition) is 1. The maximum absolute atomic E-state index is 10.2. The van der Waals surface area contributed by atoms with Crippen LogP contribution in [0.1, 0.15) is 0 Å². The molecule has 0 saturated carbocycles. The SMILES string of the molecule is O=Nc1ccc(Oc2ccc(O)cc2)cc1. The van der Waals surface area contributed by atoms with Gasteiger partial charge in [-0.15, -0.1) is 4.91 Å². The van der Waals surface area contributed by atoms with Crippen molar-refractivity contribution in [1.82, 2.24) is 0 Å². The molecular formula is C12H9NO3. The van der Waals surface area contributed by atoms with Gasteiger partial charge in [-0.05, 0) is 53.7 Å². The monoisotopic (exact) mass is 215 g/mol. The summed E-state index contributed by atoms with van der Waals surface area (Å²) in [5, 5.41) is 11.9. The van der Waals surface area contributed by atoms with Gasteiger partial charge in [-0.2, -0.15) is 0 Å². The molecule has 2 rings (SSSR count). The number of nitroso groups, excluding NO2 is 1. The highest BCUT2D eigenvalue weighted by atomic mass is 16.5. The Bertz CT molecular complexity index is 477. The smallest absolute Gasteiger partial charge is 0.127 e. The van der Waals surface area contributed by atoms with Crippen molar-refractivity contribution in [3.63, 3.8) is 0 Å². The third-order valence-corrected chi connectivity index (χ3v) is 2.01. The van der Waals surface area contributed by atoms with Crippen molar-refractivity contribution in [2.75, 3.05) is 0 Å². The van der Waals surface area contributed by atoms with E-state index in [0.29, 0.717) is 17.2 Å². The van der Waals surface area contributed by atoms with Gasteiger partial charge in [0.1, 0.15) is 22.9 Å². The van der Waals surface area contributed by atoms with Crippen LogP contribution in [0, 0.1) is 4.91 Å². The highest BCUT2D eigenvalue weighted by molar-refractivity contribution is 5.42. The topological polar surface area (TPSA) is 58.9 Å². The molecule has 0 unspecified atom stereocenters. The van der Waals surface area contributed by atoms with E-state index in [2.05, 4.69) is 5.18 Å². The molecule has 0 saturated heterocycles. The molecule has 0 spiro atoms. The van der Waals surface area contributed by atoms with Crippen molar-refractivity contribution < 1.29 is 9.84 Å². The van der Waals surface area contributed by atoms with E-state index in [0.717, 1.165) is 0 Å². The lowest BCUT2D eigenvalue weighted by Crippen LogP contribution is -1.82. The molecular weight excluding hydrogens is 206 g/mol. The van der Waals surface area contributed by atoms with Crippen LogP contribution in [0.3, 0.4) is 0 Å². The molecule has 2 aromatic carbocycles. The van der Waals surface area contributed by atoms with Gasteiger partial charge in [-0.3, -0.25) is 0 Å². The molecule has 16 heavy (non-hydrogen) atoms. The van der Waals surface area contributed by atoms with E-state index in [9.17, 15) is 4.91 Å². The van der Waals surface area contributed by atoms with Gasteiger partial charge in [0.05, 0.1) is 0 Å². The molecule has 80 valence electrons. The van der Waals surface area contributed by atoms with E-state index in [-0.39, 0.29) is 5.75 Å². The van der Waals surface area contributed by atoms with E-state index in [1.165, 1.54) is 12.1 Å². The van der Waals surface area contributed by atoms with Crippen LogP contribution >= 0.6 is 0 Å². The van der Waals surface area contributed by atoms with Gasteiger partial charge < -0.3 is 9.84 Å². The second-order valence-electron chi connectivity index (χ2n) is 3.18. The van der Waals surface area contributed by atoms with Gasteiger partial charge in [0.2, 0.25) is 0 Å². The highest BCUT2D eigenvalue weighted by Gasteiger charge is 1.98. The predicted molar refractivity (Wildman–Crippen MR) is 60.1 cm³/mol. The van der Waals surface area contributed by atoms with Crippen LogP contribution in [0.2, 0.25) is 0 Å². The number of rotatable bonds is 3. The number of aromatic hydroxyl groups is 1. The van der Waals surface area contributed by atoms with Crippen LogP contribution in [0.15, 0.2) is 53.7 Å². The lowest BCUT2D eigenvalue weighted by Gasteiger charge is -2.05. The lowest BCUT2D eigenvalue weighted by atomic mass is 10.3. The molecule has 4 heteroatoms. The fourth-order valence-corrected chi connectivity index (χ4v) is 1.23. The Balaban J connectivity index is 2.14. The zero-order valence-corrected chi connectivity index (χ0v) is 8.33. The molecule has 0 aromatic heterocycles. The predicted octanol–water partition coefficient (Wildman–Crippen LogP) is 3.58. The number of phenolic OH excluding ortho intramolecular Hbond substituents is 1. The van der Waals surface area contributed by atoms with Crippen LogP contribution in [0.25, 0.3) is 0 Å². The number of nitrogens with zero attached hydrogens (tertiary/aromatic N) is 1. The first-order valence-electron chi connectivity index (χ1n) is 4.68. The minimum Gasteiger partial charge on any atom is -0.508 e. The van der Waals surface area contributed by atoms with E-state index >= 15 is 0 Å². The summed E-state index contributed by atoms with van der Waals surface area (Å²) in [6.45, 7) is 0. The van der Waals surface area contributed by atoms with E-state index in [1.54, 1.807) is 36.4 Å². The van der Waals surface area contributed by atoms with Gasteiger partial charge in [-0.25, -0.2) is 0 Å². The van der Waals surface area contributed by atoms with Crippen LogP contribution in [0.4, 0.5) is 5.69 Å². The van der Waals surface area contributed by atoms with Gasteiger partial charge >= 0.3 is 0 Å². The molecule has 0 aliphatic rings. The van der Waals surface area contributed by atoms with Crippen molar-refractivity contribution in [1.29, 1.82) is 0 Å². The van der Waals surface area contributed by atoms with Crippen molar-refractivity contribution in [3.05, 3.63) is 53.4 Å². The Morgan fingerprint density at radius 3 is 1.88 bits per heavy atom. The summed E-state index contributed by atoms with van der Waals surface area (Å²) in [4.78, 5) is 10.2. The van der Waals surface area contributed by atoms with E-state index < -0.39 is 0 Å². The third-order valence-electron chi connectivity index (χ3n) is 2.01. The minimum absolute atomic E-state index is 0.188. The summed E-state index contributed by atoms with van der Waals surface area (Å²) >= 11 is 0. The van der Waals surface area contributed by atoms with Gasteiger partial charge in [-0.1, -0.05) is 0 Å². The first-order valence-corrected chi connectivity index (χ1v) is 4.68. The summed E-state index contributed by atoms with van der Waals surface area (Å²) in [5.41, 5.74) is 0.359. The van der Waals surface area contributed by atoms with Gasteiger partial charge in [0.25, 0.3) is 0 Å². The average Bonchev–Trinajstić information content (AvgIpc) is 2.33. The molecule has 0 aliphatic carbocycles. The maximum atomic E-state index is 10.2. The number of hydrogen-bond acceptors (Lipinski definition) is 4. The molecule has 0 fully saturated rings. The van der Waals surface area contributed by atoms with Crippen molar-refractivity contribution in [2.45, 2.75) is 0 Å². The second kappa shape index (κ2) is 4.44. The van der Waals surface area contributed by atoms with Crippen LogP contribution in [-0.4, -0.2) is 5.11 Å². The largest absolute Gasteiger partial charge is 0.508 e. The Hall–Kier alpha value is -2.36. The Kier molecular flexibility index (Phi) is 2.82. The van der Waals surface area contributed by atoms with Gasteiger partial charge in [0, 0.05) is 0 Å². The fourth-order valence-electron chi connectivity index (χ4n) is 1.23. The zero-order valence-electron chi connectivity index (χ0n) is 8.33. The fraction of sp³-hybridized carbons (Fsp3) is 0. The average molecular weight is 215 g/mol. The van der Waals surface area contributed by atoms with E-state index in [4.69, 9.17) is 9.84 Å². The van der Waals surface area contributed by atoms with Crippen molar-refractivity contribution in [3.8, 4) is 17.2 Å². The maximum Gasteiger partial charge on any atom is 0.127 e. The Morgan fingerprint density at radius 1 is 0.875 bits per heavy atom. The summed E-state index contributed by atoms with van der Waals surface area (Å²) in [6.07, 6.45) is 0. The normalized spacial score (nSPS) is 9.75. The molecule has 0 radical (unpaired) electrons. The summed E-state index contributed by atoms with van der Waals surface area (Å²) in [7, 11) is 0. The van der Waals surface area contributed by atoms with Crippen LogP contribution in [0.5, 0.6) is 17.2 Å². The second-order valence-corrected chi connectivity index (χ2v) is 3.18.